The SMILES string of the molecule is CC(C)CC(=O)Nc1cccc(C2SCC(=O)N2c2ccc(C(F)(F)F)cc2)c1. The van der Waals surface area contributed by atoms with Gasteiger partial charge in [0.15, 0.2) is 0 Å². The van der Waals surface area contributed by atoms with Crippen molar-refractivity contribution in [3.8, 4) is 0 Å². The van der Waals surface area contributed by atoms with Crippen molar-refractivity contribution in [2.75, 3.05) is 16.0 Å². The molecule has 1 aliphatic heterocycles. The van der Waals surface area contributed by atoms with Gasteiger partial charge in [0.1, 0.15) is 5.37 Å². The molecule has 1 atom stereocenters. The fourth-order valence-corrected chi connectivity index (χ4v) is 4.28. The molecule has 0 spiro atoms. The minimum Gasteiger partial charge on any atom is -0.326 e. The largest absolute Gasteiger partial charge is 0.416 e. The fraction of sp³-hybridized carbons (Fsp3) is 0.333. The molecular formula is C21H21F3N2O2S. The van der Waals surface area contributed by atoms with Crippen LogP contribution in [0, 0.1) is 5.92 Å². The molecule has 2 aromatic carbocycles. The molecule has 4 nitrogen and oxygen atoms in total. The van der Waals surface area contributed by atoms with Crippen LogP contribution in [0.25, 0.3) is 0 Å². The topological polar surface area (TPSA) is 49.4 Å². The lowest BCUT2D eigenvalue weighted by Crippen LogP contribution is -2.28. The summed E-state index contributed by atoms with van der Waals surface area (Å²) in [7, 11) is 0. The van der Waals surface area contributed by atoms with Crippen LogP contribution in [-0.4, -0.2) is 17.6 Å². The summed E-state index contributed by atoms with van der Waals surface area (Å²) in [5, 5.41) is 2.48. The summed E-state index contributed by atoms with van der Waals surface area (Å²) in [6.07, 6.45) is -4.03. The molecule has 1 fully saturated rings. The summed E-state index contributed by atoms with van der Waals surface area (Å²) in [6.45, 7) is 3.91. The summed E-state index contributed by atoms with van der Waals surface area (Å²) in [6, 6.07) is 11.8. The number of anilines is 2. The number of thioether (sulfide) groups is 1. The number of rotatable bonds is 5. The highest BCUT2D eigenvalue weighted by Gasteiger charge is 2.35. The van der Waals surface area contributed by atoms with Crippen LogP contribution in [0.2, 0.25) is 0 Å². The minimum atomic E-state index is -4.43. The average Bonchev–Trinajstić information content (AvgIpc) is 3.02. The molecule has 2 amide bonds. The van der Waals surface area contributed by atoms with E-state index in [1.165, 1.54) is 28.8 Å². The van der Waals surface area contributed by atoms with Crippen LogP contribution >= 0.6 is 11.8 Å². The Labute approximate surface area is 171 Å². The monoisotopic (exact) mass is 422 g/mol. The van der Waals surface area contributed by atoms with Crippen LogP contribution in [0.4, 0.5) is 24.5 Å². The van der Waals surface area contributed by atoms with Gasteiger partial charge < -0.3 is 5.32 Å². The molecule has 3 rings (SSSR count). The Morgan fingerprint density at radius 1 is 1.21 bits per heavy atom. The van der Waals surface area contributed by atoms with Gasteiger partial charge in [0.2, 0.25) is 11.8 Å². The zero-order chi connectivity index (χ0) is 21.2. The maximum absolute atomic E-state index is 12.8. The van der Waals surface area contributed by atoms with E-state index in [2.05, 4.69) is 5.32 Å². The maximum Gasteiger partial charge on any atom is 0.416 e. The van der Waals surface area contributed by atoms with Gasteiger partial charge in [0.25, 0.3) is 0 Å². The molecule has 29 heavy (non-hydrogen) atoms. The first kappa shape index (κ1) is 21.2. The number of nitrogens with zero attached hydrogens (tertiary/aromatic N) is 1. The second-order valence-corrected chi connectivity index (χ2v) is 8.31. The Balaban J connectivity index is 1.83. The number of benzene rings is 2. The summed E-state index contributed by atoms with van der Waals surface area (Å²) < 4.78 is 38.5. The van der Waals surface area contributed by atoms with Crippen molar-refractivity contribution in [3.63, 3.8) is 0 Å². The van der Waals surface area contributed by atoms with E-state index in [1.807, 2.05) is 19.9 Å². The van der Waals surface area contributed by atoms with Crippen LogP contribution in [0.1, 0.15) is 36.8 Å². The Kier molecular flexibility index (Phi) is 6.21. The van der Waals surface area contributed by atoms with Crippen LogP contribution in [0.5, 0.6) is 0 Å². The van der Waals surface area contributed by atoms with Crippen molar-refractivity contribution in [3.05, 3.63) is 59.7 Å². The van der Waals surface area contributed by atoms with Gasteiger partial charge in [-0.3, -0.25) is 14.5 Å². The molecule has 1 unspecified atom stereocenters. The molecule has 0 radical (unpaired) electrons. The van der Waals surface area contributed by atoms with Crippen LogP contribution in [0.3, 0.4) is 0 Å². The number of carbonyl (C=O) groups is 2. The zero-order valence-electron chi connectivity index (χ0n) is 16.0. The summed E-state index contributed by atoms with van der Waals surface area (Å²) in [5.74, 6) is 0.201. The standard InChI is InChI=1S/C21H21F3N2O2S/c1-13(2)10-18(27)25-16-5-3-4-14(11-16)20-26(19(28)12-29-20)17-8-6-15(7-9-17)21(22,23)24/h3-9,11,13,20H,10,12H2,1-2H3,(H,25,27). The van der Waals surface area contributed by atoms with E-state index in [9.17, 15) is 22.8 Å². The number of hydrogen-bond acceptors (Lipinski definition) is 3. The first-order valence-corrected chi connectivity index (χ1v) is 10.2. The number of hydrogen-bond donors (Lipinski definition) is 1. The average molecular weight is 422 g/mol. The van der Waals surface area contributed by atoms with Gasteiger partial charge >= 0.3 is 6.18 Å². The van der Waals surface area contributed by atoms with E-state index in [0.717, 1.165) is 17.7 Å². The maximum atomic E-state index is 12.8. The predicted octanol–water partition coefficient (Wildman–Crippen LogP) is 5.47. The molecule has 8 heteroatoms. The van der Waals surface area contributed by atoms with Crippen molar-refractivity contribution in [1.29, 1.82) is 0 Å². The quantitative estimate of drug-likeness (QED) is 0.695. The van der Waals surface area contributed by atoms with Gasteiger partial charge in [-0.25, -0.2) is 0 Å². The molecule has 1 heterocycles. The van der Waals surface area contributed by atoms with Gasteiger partial charge in [0, 0.05) is 17.8 Å². The van der Waals surface area contributed by atoms with E-state index in [1.54, 1.807) is 18.2 Å². The van der Waals surface area contributed by atoms with Crippen molar-refractivity contribution >= 4 is 35.0 Å². The van der Waals surface area contributed by atoms with Crippen molar-refractivity contribution in [2.45, 2.75) is 31.8 Å². The van der Waals surface area contributed by atoms with Gasteiger partial charge in [0.05, 0.1) is 11.3 Å². The third-order valence-corrected chi connectivity index (χ3v) is 5.60. The highest BCUT2D eigenvalue weighted by atomic mass is 32.2. The Morgan fingerprint density at radius 2 is 1.90 bits per heavy atom. The summed E-state index contributed by atoms with van der Waals surface area (Å²) >= 11 is 1.40. The Bertz CT molecular complexity index is 898. The van der Waals surface area contributed by atoms with Gasteiger partial charge in [-0.15, -0.1) is 11.8 Å². The predicted molar refractivity (Wildman–Crippen MR) is 109 cm³/mol. The van der Waals surface area contributed by atoms with Crippen molar-refractivity contribution in [1.82, 2.24) is 0 Å². The first-order chi connectivity index (χ1) is 13.6. The highest BCUT2D eigenvalue weighted by Crippen LogP contribution is 2.43. The van der Waals surface area contributed by atoms with Crippen LogP contribution < -0.4 is 10.2 Å². The van der Waals surface area contributed by atoms with Gasteiger partial charge in [-0.05, 0) is 47.9 Å². The summed E-state index contributed by atoms with van der Waals surface area (Å²) in [4.78, 5) is 26.0. The third kappa shape index (κ3) is 5.12. The Morgan fingerprint density at radius 3 is 2.52 bits per heavy atom. The molecule has 2 aromatic rings. The minimum absolute atomic E-state index is 0.0908. The Hall–Kier alpha value is -2.48. The van der Waals surface area contributed by atoms with Crippen LogP contribution in [0.15, 0.2) is 48.5 Å². The molecule has 1 aliphatic rings. The van der Waals surface area contributed by atoms with E-state index < -0.39 is 11.7 Å². The molecular weight excluding hydrogens is 401 g/mol. The third-order valence-electron chi connectivity index (χ3n) is 4.39. The molecule has 0 saturated carbocycles. The second-order valence-electron chi connectivity index (χ2n) is 7.24. The number of carbonyl (C=O) groups excluding carboxylic acids is 2. The van der Waals surface area contributed by atoms with E-state index in [4.69, 9.17) is 0 Å². The normalized spacial score (nSPS) is 17.1. The van der Waals surface area contributed by atoms with E-state index in [-0.39, 0.29) is 28.9 Å². The van der Waals surface area contributed by atoms with Crippen molar-refractivity contribution in [2.24, 2.45) is 5.92 Å². The lowest BCUT2D eigenvalue weighted by Gasteiger charge is -2.25. The lowest BCUT2D eigenvalue weighted by atomic mass is 10.1. The van der Waals surface area contributed by atoms with Crippen LogP contribution in [-0.2, 0) is 15.8 Å². The molecule has 0 aromatic heterocycles. The van der Waals surface area contributed by atoms with Crippen molar-refractivity contribution < 1.29 is 22.8 Å². The fourth-order valence-electron chi connectivity index (χ4n) is 3.11. The molecule has 0 aliphatic carbocycles. The zero-order valence-corrected chi connectivity index (χ0v) is 16.8. The molecule has 0 bridgehead atoms. The summed E-state index contributed by atoms with van der Waals surface area (Å²) in [5.41, 5.74) is 1.07. The number of halogens is 3. The lowest BCUT2D eigenvalue weighted by molar-refractivity contribution is -0.137. The number of alkyl halides is 3. The first-order valence-electron chi connectivity index (χ1n) is 9.16. The van der Waals surface area contributed by atoms with E-state index >= 15 is 0 Å². The highest BCUT2D eigenvalue weighted by molar-refractivity contribution is 8.00. The number of nitrogens with one attached hydrogen (secondary N) is 1. The molecule has 1 saturated heterocycles. The molecule has 154 valence electrons. The smallest absolute Gasteiger partial charge is 0.326 e. The van der Waals surface area contributed by atoms with E-state index in [0.29, 0.717) is 17.8 Å². The second kappa shape index (κ2) is 8.49. The number of amides is 2. The van der Waals surface area contributed by atoms with Gasteiger partial charge in [-0.1, -0.05) is 26.0 Å². The molecule has 1 N–H and O–H groups in total. The van der Waals surface area contributed by atoms with Gasteiger partial charge in [-0.2, -0.15) is 13.2 Å².